The molecule has 0 heterocycles. The highest BCUT2D eigenvalue weighted by atomic mass is 19.0. The molecule has 0 aliphatic carbocycles. The molecule has 0 bridgehead atoms. The summed E-state index contributed by atoms with van der Waals surface area (Å²) < 4.78 is 4.31. The highest BCUT2D eigenvalue weighted by Crippen LogP contribution is 1.52. The first kappa shape index (κ1) is 8.82. The zero-order valence-electron chi connectivity index (χ0n) is 3.10. The zero-order chi connectivity index (χ0) is 3.41. The van der Waals surface area contributed by atoms with Crippen molar-refractivity contribution in [3.63, 3.8) is 0 Å². The Balaban J connectivity index is 0. The van der Waals surface area contributed by atoms with Crippen LogP contribution in [0, 0.1) is 0 Å². The topological polar surface area (TPSA) is 9.23 Å². The molecule has 32 valence electrons. The lowest BCUT2D eigenvalue weighted by molar-refractivity contribution is 0.339. The van der Waals surface area contributed by atoms with Gasteiger partial charge in [0.05, 0.1) is 13.4 Å². The minimum Gasteiger partial charge on any atom is -0.505 e. The van der Waals surface area contributed by atoms with Crippen molar-refractivity contribution in [2.75, 3.05) is 7.11 Å². The van der Waals surface area contributed by atoms with Crippen LogP contribution in [0.25, 0.3) is 0 Å². The van der Waals surface area contributed by atoms with Crippen LogP contribution in [0.1, 0.15) is 0 Å². The third-order valence-electron chi connectivity index (χ3n) is 0.167. The van der Waals surface area contributed by atoms with Crippen molar-refractivity contribution in [2.24, 2.45) is 0 Å². The number of hydrogen-bond acceptors (Lipinski definition) is 1. The summed E-state index contributed by atoms with van der Waals surface area (Å²) in [5.41, 5.74) is 0. The van der Waals surface area contributed by atoms with E-state index < -0.39 is 0 Å². The van der Waals surface area contributed by atoms with Crippen LogP contribution in [-0.4, -0.2) is 7.11 Å². The lowest BCUT2D eigenvalue weighted by Crippen LogP contribution is -1.54. The number of methoxy groups -OCH3 is 1. The molecule has 0 unspecified atom stereocenters. The van der Waals surface area contributed by atoms with Crippen LogP contribution in [0.3, 0.4) is 0 Å². The summed E-state index contributed by atoms with van der Waals surface area (Å²) >= 11 is 0. The zero-order valence-corrected chi connectivity index (χ0v) is 3.10. The van der Waals surface area contributed by atoms with Gasteiger partial charge in [-0.15, -0.1) is 0 Å². The predicted octanol–water partition coefficient (Wildman–Crippen LogP) is 0.929. The van der Waals surface area contributed by atoms with Crippen LogP contribution in [0.5, 0.6) is 0 Å². The Kier molecular flexibility index (Phi) is 17.3. The molecule has 2 heteroatoms. The van der Waals surface area contributed by atoms with Gasteiger partial charge in [0, 0.05) is 0 Å². The second-order valence-electron chi connectivity index (χ2n) is 0.402. The van der Waals surface area contributed by atoms with Crippen LogP contribution in [0.15, 0.2) is 12.8 Å². The van der Waals surface area contributed by atoms with Crippen molar-refractivity contribution < 1.29 is 9.44 Å². The SMILES string of the molecule is C=COC.F. The molecule has 1 nitrogen and oxygen atoms in total. The second-order valence-corrected chi connectivity index (χ2v) is 0.402. The van der Waals surface area contributed by atoms with Crippen molar-refractivity contribution in [1.29, 1.82) is 0 Å². The Bertz CT molecular complexity index is 20.9. The van der Waals surface area contributed by atoms with E-state index in [1.54, 1.807) is 7.11 Å². The molecular formula is C3H7FO. The molecule has 0 fully saturated rings. The van der Waals surface area contributed by atoms with Crippen molar-refractivity contribution in [3.8, 4) is 0 Å². The summed E-state index contributed by atoms with van der Waals surface area (Å²) in [6.07, 6.45) is 1.38. The quantitative estimate of drug-likeness (QED) is 0.424. The molecule has 0 aromatic carbocycles. The normalized spacial score (nSPS) is 4.20. The van der Waals surface area contributed by atoms with E-state index in [4.69, 9.17) is 0 Å². The third kappa shape index (κ3) is 33.9. The molecule has 5 heavy (non-hydrogen) atoms. The van der Waals surface area contributed by atoms with Crippen LogP contribution in [-0.2, 0) is 4.74 Å². The van der Waals surface area contributed by atoms with Gasteiger partial charge < -0.3 is 4.74 Å². The summed E-state index contributed by atoms with van der Waals surface area (Å²) in [6.45, 7) is 3.26. The molecule has 0 aromatic heterocycles. The van der Waals surface area contributed by atoms with E-state index in [0.717, 1.165) is 0 Å². The van der Waals surface area contributed by atoms with E-state index in [1.165, 1.54) is 6.26 Å². The van der Waals surface area contributed by atoms with Crippen LogP contribution >= 0.6 is 0 Å². The fourth-order valence-electron chi connectivity index (χ4n) is 0. The molecule has 0 rings (SSSR count). The first-order valence-corrected chi connectivity index (χ1v) is 1.05. The Morgan fingerprint density at radius 3 is 2.00 bits per heavy atom. The van der Waals surface area contributed by atoms with E-state index in [9.17, 15) is 0 Å². The predicted molar refractivity (Wildman–Crippen MR) is 19.7 cm³/mol. The van der Waals surface area contributed by atoms with Crippen molar-refractivity contribution in [1.82, 2.24) is 0 Å². The molecule has 0 radical (unpaired) electrons. The molecule has 0 saturated carbocycles. The number of halogens is 1. The smallest absolute Gasteiger partial charge is 0.0766 e. The van der Waals surface area contributed by atoms with E-state index >= 15 is 0 Å². The highest BCUT2D eigenvalue weighted by molar-refractivity contribution is 4.43. The number of hydrogen-bond donors (Lipinski definition) is 0. The Morgan fingerprint density at radius 1 is 1.80 bits per heavy atom. The molecule has 0 aliphatic rings. The third-order valence-corrected chi connectivity index (χ3v) is 0.167. The summed E-state index contributed by atoms with van der Waals surface area (Å²) in [5.74, 6) is 0. The highest BCUT2D eigenvalue weighted by Gasteiger charge is 1.36. The number of ether oxygens (including phenoxy) is 1. The fourth-order valence-corrected chi connectivity index (χ4v) is 0. The molecular weight excluding hydrogens is 71.0 g/mol. The summed E-state index contributed by atoms with van der Waals surface area (Å²) in [7, 11) is 1.56. The van der Waals surface area contributed by atoms with E-state index in [2.05, 4.69) is 11.3 Å². The largest absolute Gasteiger partial charge is 0.505 e. The first-order valence-electron chi connectivity index (χ1n) is 1.05. The molecule has 0 spiro atoms. The van der Waals surface area contributed by atoms with Crippen LogP contribution in [0.4, 0.5) is 4.70 Å². The van der Waals surface area contributed by atoms with Crippen LogP contribution < -0.4 is 0 Å². The summed E-state index contributed by atoms with van der Waals surface area (Å²) in [4.78, 5) is 0. The van der Waals surface area contributed by atoms with Gasteiger partial charge in [-0.1, -0.05) is 6.58 Å². The van der Waals surface area contributed by atoms with Gasteiger partial charge in [0.25, 0.3) is 0 Å². The fraction of sp³-hybridized carbons (Fsp3) is 0.333. The molecule has 0 amide bonds. The minimum absolute atomic E-state index is 0. The lowest BCUT2D eigenvalue weighted by atomic mass is 11.2. The van der Waals surface area contributed by atoms with Gasteiger partial charge in [0.2, 0.25) is 0 Å². The first-order chi connectivity index (χ1) is 1.91. The van der Waals surface area contributed by atoms with Gasteiger partial charge >= 0.3 is 0 Å². The van der Waals surface area contributed by atoms with Gasteiger partial charge in [0.15, 0.2) is 0 Å². The maximum absolute atomic E-state index is 4.31. The average molecular weight is 78.1 g/mol. The number of rotatable bonds is 1. The molecule has 0 aromatic rings. The van der Waals surface area contributed by atoms with Gasteiger partial charge in [-0.25, -0.2) is 0 Å². The van der Waals surface area contributed by atoms with Crippen LogP contribution in [0.2, 0.25) is 0 Å². The maximum atomic E-state index is 4.31. The van der Waals surface area contributed by atoms with E-state index in [-0.39, 0.29) is 4.70 Å². The maximum Gasteiger partial charge on any atom is 0.0766 e. The standard InChI is InChI=1S/C3H6O.FH/c1-3-4-2;/h3H,1H2,2H3;1H. The van der Waals surface area contributed by atoms with Crippen molar-refractivity contribution in [2.45, 2.75) is 0 Å². The van der Waals surface area contributed by atoms with Gasteiger partial charge in [-0.3, -0.25) is 4.70 Å². The van der Waals surface area contributed by atoms with Gasteiger partial charge in [-0.05, 0) is 0 Å². The van der Waals surface area contributed by atoms with Crippen molar-refractivity contribution >= 4 is 0 Å². The molecule has 0 saturated heterocycles. The Labute approximate surface area is 30.6 Å². The van der Waals surface area contributed by atoms with Gasteiger partial charge in [0.1, 0.15) is 0 Å². The molecule has 0 atom stereocenters. The summed E-state index contributed by atoms with van der Waals surface area (Å²) in [6, 6.07) is 0. The summed E-state index contributed by atoms with van der Waals surface area (Å²) in [5, 5.41) is 0. The minimum atomic E-state index is 0. The van der Waals surface area contributed by atoms with E-state index in [1.807, 2.05) is 0 Å². The van der Waals surface area contributed by atoms with E-state index in [0.29, 0.717) is 0 Å². The van der Waals surface area contributed by atoms with Crippen molar-refractivity contribution in [3.05, 3.63) is 12.8 Å². The average Bonchev–Trinajstić information content (AvgIpc) is 1.37. The molecule has 0 aliphatic heterocycles. The second kappa shape index (κ2) is 9.80. The lowest BCUT2D eigenvalue weighted by Gasteiger charge is -1.73. The monoisotopic (exact) mass is 78.0 g/mol. The Morgan fingerprint density at radius 2 is 2.00 bits per heavy atom. The Hall–Kier alpha value is -0.530. The molecule has 0 N–H and O–H groups in total. The van der Waals surface area contributed by atoms with Gasteiger partial charge in [-0.2, -0.15) is 0 Å².